The zero-order chi connectivity index (χ0) is 38.9. The van der Waals surface area contributed by atoms with Crippen LogP contribution < -0.4 is 31.8 Å². The lowest BCUT2D eigenvalue weighted by Gasteiger charge is -2.31. The molecule has 0 bridgehead atoms. The molecule has 0 fully saturated rings. The molecule has 0 radical (unpaired) electrons. The van der Waals surface area contributed by atoms with Crippen molar-refractivity contribution in [1.29, 1.82) is 10.5 Å². The van der Waals surface area contributed by atoms with Gasteiger partial charge in [0.25, 0.3) is 0 Å². The fourth-order valence-corrected chi connectivity index (χ4v) is 16.2. The summed E-state index contributed by atoms with van der Waals surface area (Å²) < 4.78 is 0. The first-order valence-electron chi connectivity index (χ1n) is 19.1. The van der Waals surface area contributed by atoms with Crippen LogP contribution >= 0.6 is 14.5 Å². The Kier molecular flexibility index (Phi) is 10.1. The van der Waals surface area contributed by atoms with E-state index in [1.165, 1.54) is 54.1 Å². The van der Waals surface area contributed by atoms with Gasteiger partial charge in [-0.05, 0) is 110 Å². The highest BCUT2D eigenvalue weighted by Gasteiger charge is 2.51. The van der Waals surface area contributed by atoms with Gasteiger partial charge >= 0.3 is 0 Å². The molecule has 0 aliphatic heterocycles. The predicted octanol–water partition coefficient (Wildman–Crippen LogP) is 10.5. The molecule has 0 amide bonds. The Hall–Kier alpha value is -5.88. The van der Waals surface area contributed by atoms with Crippen LogP contribution in [0.1, 0.15) is 22.3 Å². The molecular weight excluding hydrogens is 715 g/mol. The van der Waals surface area contributed by atoms with Crippen molar-refractivity contribution < 1.29 is 0 Å². The zero-order valence-electron chi connectivity index (χ0n) is 32.4. The average Bonchev–Trinajstić information content (AvgIpc) is 3.23. The van der Waals surface area contributed by atoms with E-state index in [0.29, 0.717) is 12.3 Å². The van der Waals surface area contributed by atoms with Crippen molar-refractivity contribution in [2.45, 2.75) is 27.7 Å². The Balaban J connectivity index is 1.62. The van der Waals surface area contributed by atoms with Gasteiger partial charge in [0.15, 0.2) is 12.3 Å². The molecule has 0 unspecified atom stereocenters. The van der Waals surface area contributed by atoms with E-state index in [2.05, 4.69) is 210 Å². The Morgan fingerprint density at radius 3 is 0.929 bits per heavy atom. The minimum Gasteiger partial charge on any atom is -0.194 e. The van der Waals surface area contributed by atoms with Crippen LogP contribution in [0.4, 0.5) is 0 Å². The molecule has 2 nitrogen and oxygen atoms in total. The molecule has 8 aromatic rings. The Labute approximate surface area is 332 Å². The first-order valence-corrected chi connectivity index (χ1v) is 23.1. The molecule has 4 heteroatoms. The number of hydrogen-bond acceptors (Lipinski definition) is 2. The summed E-state index contributed by atoms with van der Waals surface area (Å²) in [6.07, 6.45) is 0.692. The number of rotatable bonds is 9. The molecule has 0 spiro atoms. The van der Waals surface area contributed by atoms with E-state index >= 15 is 0 Å². The molecule has 8 aromatic carbocycles. The molecule has 56 heavy (non-hydrogen) atoms. The van der Waals surface area contributed by atoms with Crippen molar-refractivity contribution in [3.63, 3.8) is 0 Å². The topological polar surface area (TPSA) is 47.6 Å². The predicted molar refractivity (Wildman–Crippen MR) is 244 cm³/mol. The van der Waals surface area contributed by atoms with E-state index in [1.807, 2.05) is 0 Å². The van der Waals surface area contributed by atoms with E-state index in [9.17, 15) is 10.5 Å². The summed E-state index contributed by atoms with van der Waals surface area (Å²) in [7, 11) is -5.27. The molecule has 0 atom stereocenters. The van der Waals surface area contributed by atoms with Crippen molar-refractivity contribution in [3.05, 3.63) is 192 Å². The largest absolute Gasteiger partial charge is 0.194 e. The van der Waals surface area contributed by atoms with Crippen molar-refractivity contribution in [2.24, 2.45) is 0 Å². The summed E-state index contributed by atoms with van der Waals surface area (Å²) >= 11 is 0. The van der Waals surface area contributed by atoms with Gasteiger partial charge in [0.1, 0.15) is 58.5 Å². The summed E-state index contributed by atoms with van der Waals surface area (Å²) in [5.74, 6) is 0. The third-order valence-electron chi connectivity index (χ3n) is 11.4. The van der Waals surface area contributed by atoms with Gasteiger partial charge in [-0.25, -0.2) is 0 Å². The quantitative estimate of drug-likeness (QED) is 0.138. The van der Waals surface area contributed by atoms with Crippen molar-refractivity contribution in [3.8, 4) is 23.3 Å². The number of hydrogen-bond donors (Lipinski definition) is 0. The van der Waals surface area contributed by atoms with E-state index in [-0.39, 0.29) is 0 Å². The van der Waals surface area contributed by atoms with Gasteiger partial charge in [-0.1, -0.05) is 131 Å². The fourth-order valence-electron chi connectivity index (χ4n) is 8.48. The molecule has 8 rings (SSSR count). The smallest absolute Gasteiger partial charge is 0.159 e. The van der Waals surface area contributed by atoms with Crippen molar-refractivity contribution in [1.82, 2.24) is 0 Å². The van der Waals surface area contributed by atoms with E-state index < -0.39 is 14.5 Å². The molecule has 0 aliphatic carbocycles. The standard InChI is InChI=1S/C52H44N2P2/c1-37-13-23-43(24-14-37)55(35-33-53,44-25-15-38(2)16-26-44)49-31-21-41-9-5-7-11-47(41)51(49)52-48-12-8-6-10-42(48)22-32-50(52)56(36-34-54,45-27-17-39(3)18-28-45)46-29-19-40(4)20-30-46/h5-32H,35-36H2,1-4H3/q+2. The van der Waals surface area contributed by atoms with Gasteiger partial charge < -0.3 is 0 Å². The van der Waals surface area contributed by atoms with Crippen molar-refractivity contribution in [2.75, 3.05) is 12.3 Å². The maximum atomic E-state index is 11.0. The maximum absolute atomic E-state index is 11.0. The lowest BCUT2D eigenvalue weighted by atomic mass is 9.93. The summed E-state index contributed by atoms with van der Waals surface area (Å²) in [4.78, 5) is 0. The maximum Gasteiger partial charge on any atom is 0.159 e. The van der Waals surface area contributed by atoms with Crippen LogP contribution in [0.15, 0.2) is 170 Å². The van der Waals surface area contributed by atoms with E-state index in [0.717, 1.165) is 32.7 Å². The first-order chi connectivity index (χ1) is 27.3. The first kappa shape index (κ1) is 37.1. The minimum absolute atomic E-state index is 0.346. The number of fused-ring (bicyclic) bond motifs is 2. The minimum atomic E-state index is -2.64. The van der Waals surface area contributed by atoms with Gasteiger partial charge in [-0.2, -0.15) is 10.5 Å². The summed E-state index contributed by atoms with van der Waals surface area (Å²) in [5.41, 5.74) is 7.05. The van der Waals surface area contributed by atoms with Crippen LogP contribution in [0, 0.1) is 50.4 Å². The van der Waals surface area contributed by atoms with Crippen LogP contribution in [0.25, 0.3) is 32.7 Å². The molecule has 270 valence electrons. The highest BCUT2D eigenvalue weighted by atomic mass is 31.2. The van der Waals surface area contributed by atoms with Gasteiger partial charge in [0.05, 0.1) is 0 Å². The van der Waals surface area contributed by atoms with Gasteiger partial charge in [-0.3, -0.25) is 0 Å². The molecule has 0 aromatic heterocycles. The molecular formula is C52H44N2P2+2. The average molecular weight is 759 g/mol. The Morgan fingerprint density at radius 2 is 0.643 bits per heavy atom. The van der Waals surface area contributed by atoms with Crippen LogP contribution in [0.3, 0.4) is 0 Å². The monoisotopic (exact) mass is 758 g/mol. The van der Waals surface area contributed by atoms with Crippen LogP contribution in [0.2, 0.25) is 0 Å². The Morgan fingerprint density at radius 1 is 0.357 bits per heavy atom. The van der Waals surface area contributed by atoms with Crippen LogP contribution in [-0.4, -0.2) is 12.3 Å². The molecule has 0 heterocycles. The van der Waals surface area contributed by atoms with Gasteiger partial charge in [0.2, 0.25) is 0 Å². The highest BCUT2D eigenvalue weighted by Crippen LogP contribution is 2.61. The van der Waals surface area contributed by atoms with Gasteiger partial charge in [0, 0.05) is 11.1 Å². The summed E-state index contributed by atoms with van der Waals surface area (Å²) in [5, 5.41) is 33.6. The molecule has 0 saturated carbocycles. The summed E-state index contributed by atoms with van der Waals surface area (Å²) in [6.45, 7) is 8.49. The summed E-state index contributed by atoms with van der Waals surface area (Å²) in [6, 6.07) is 67.7. The SMILES string of the molecule is Cc1ccc([P+](CC#N)(c2ccc(C)cc2)c2ccc3ccccc3c2-c2c([P+](CC#N)(c3ccc(C)cc3)c3ccc(C)cc3)ccc3ccccc23)cc1. The second-order valence-electron chi connectivity index (χ2n) is 15.0. The van der Waals surface area contributed by atoms with Gasteiger partial charge in [-0.15, -0.1) is 0 Å². The van der Waals surface area contributed by atoms with E-state index in [4.69, 9.17) is 0 Å². The normalized spacial score (nSPS) is 11.7. The second-order valence-corrected chi connectivity index (χ2v) is 21.9. The second kappa shape index (κ2) is 15.3. The van der Waals surface area contributed by atoms with Crippen LogP contribution in [-0.2, 0) is 0 Å². The number of nitriles is 2. The molecule has 0 N–H and O–H groups in total. The number of benzene rings is 8. The van der Waals surface area contributed by atoms with Crippen molar-refractivity contribution >= 4 is 67.9 Å². The third kappa shape index (κ3) is 6.31. The third-order valence-corrected chi connectivity index (χ3v) is 19.7. The Bertz CT molecular complexity index is 2500. The molecule has 0 saturated heterocycles. The number of nitrogens with zero attached hydrogens (tertiary/aromatic N) is 2. The van der Waals surface area contributed by atoms with Crippen LogP contribution in [0.5, 0.6) is 0 Å². The van der Waals surface area contributed by atoms with E-state index in [1.54, 1.807) is 0 Å². The lowest BCUT2D eigenvalue weighted by molar-refractivity contribution is 1.47. The highest BCUT2D eigenvalue weighted by molar-refractivity contribution is 7.96. The fraction of sp³-hybridized carbons (Fsp3) is 0.115. The zero-order valence-corrected chi connectivity index (χ0v) is 34.2. The lowest BCUT2D eigenvalue weighted by Crippen LogP contribution is -2.37. The number of aryl methyl sites for hydroxylation is 4. The molecule has 0 aliphatic rings.